The average molecular weight is 451 g/mol. The molecule has 0 radical (unpaired) electrons. The second kappa shape index (κ2) is 9.48. The Balaban J connectivity index is 1.41. The van der Waals surface area contributed by atoms with Crippen molar-refractivity contribution in [3.8, 4) is 10.6 Å². The number of hydrogen-bond donors (Lipinski definition) is 1. The van der Waals surface area contributed by atoms with Crippen molar-refractivity contribution in [1.82, 2.24) is 24.9 Å². The first-order valence-electron chi connectivity index (χ1n) is 9.72. The van der Waals surface area contributed by atoms with Gasteiger partial charge >= 0.3 is 0 Å². The van der Waals surface area contributed by atoms with Crippen molar-refractivity contribution >= 4 is 17.2 Å². The Morgan fingerprint density at radius 2 is 1.69 bits per heavy atom. The third-order valence-electron chi connectivity index (χ3n) is 4.59. The first-order chi connectivity index (χ1) is 15.5. The molecule has 8 nitrogen and oxygen atoms in total. The Bertz CT molecular complexity index is 1350. The average Bonchev–Trinajstić information content (AvgIpc) is 3.33. The molecule has 0 aliphatic heterocycles. The summed E-state index contributed by atoms with van der Waals surface area (Å²) in [5.74, 6) is -0.864. The molecule has 0 saturated carbocycles. The number of carbonyl (C=O) groups is 1. The molecule has 1 amide bonds. The molecule has 1 N–H and O–H groups in total. The fourth-order valence-corrected chi connectivity index (χ4v) is 3.67. The fourth-order valence-electron chi connectivity index (χ4n) is 2.98. The third-order valence-corrected chi connectivity index (χ3v) is 5.49. The van der Waals surface area contributed by atoms with Crippen LogP contribution in [-0.4, -0.2) is 32.0 Å². The maximum Gasteiger partial charge on any atom is 0.271 e. The lowest BCUT2D eigenvalue weighted by atomic mass is 10.2. The summed E-state index contributed by atoms with van der Waals surface area (Å²) in [5, 5.41) is 13.0. The highest BCUT2D eigenvalue weighted by Gasteiger charge is 2.11. The molecule has 0 unspecified atom stereocenters. The van der Waals surface area contributed by atoms with Gasteiger partial charge in [0.1, 0.15) is 17.2 Å². The van der Waals surface area contributed by atoms with Crippen LogP contribution < -0.4 is 16.4 Å². The number of halogens is 1. The van der Waals surface area contributed by atoms with Gasteiger partial charge < -0.3 is 5.32 Å². The molecule has 3 aromatic heterocycles. The van der Waals surface area contributed by atoms with Crippen molar-refractivity contribution in [3.63, 3.8) is 0 Å². The van der Waals surface area contributed by atoms with E-state index in [9.17, 15) is 18.8 Å². The summed E-state index contributed by atoms with van der Waals surface area (Å²) >= 11 is 1.52. The fraction of sp³-hybridized carbons (Fsp3) is 0.136. The summed E-state index contributed by atoms with van der Waals surface area (Å²) in [4.78, 5) is 37.6. The van der Waals surface area contributed by atoms with Crippen LogP contribution in [0, 0.1) is 5.82 Å². The van der Waals surface area contributed by atoms with Crippen LogP contribution in [0.4, 0.5) is 4.39 Å². The standard InChI is InChI=1S/C22H18FN5O3S/c23-16-5-3-15(4-6-16)14-28-21(30)10-8-18(26-28)22(31)24-11-12-27-20(29)9-7-17(25-27)19-2-1-13-32-19/h1-10,13H,11-12,14H2,(H,24,31). The van der Waals surface area contributed by atoms with Gasteiger partial charge in [0.15, 0.2) is 0 Å². The molecule has 4 rings (SSSR count). The summed E-state index contributed by atoms with van der Waals surface area (Å²) in [5.41, 5.74) is 0.756. The van der Waals surface area contributed by atoms with Crippen molar-refractivity contribution < 1.29 is 9.18 Å². The molecule has 0 spiro atoms. The normalized spacial score (nSPS) is 10.8. The minimum absolute atomic E-state index is 0.0550. The Morgan fingerprint density at radius 3 is 2.44 bits per heavy atom. The van der Waals surface area contributed by atoms with Gasteiger partial charge in [-0.1, -0.05) is 18.2 Å². The molecule has 1 aromatic carbocycles. The van der Waals surface area contributed by atoms with E-state index in [2.05, 4.69) is 15.5 Å². The molecule has 0 bridgehead atoms. The van der Waals surface area contributed by atoms with Crippen LogP contribution in [0.2, 0.25) is 0 Å². The lowest BCUT2D eigenvalue weighted by molar-refractivity contribution is 0.0944. The molecule has 3 heterocycles. The Hall–Kier alpha value is -3.92. The van der Waals surface area contributed by atoms with Gasteiger partial charge in [-0.25, -0.2) is 13.8 Å². The molecule has 0 aliphatic rings. The minimum atomic E-state index is -0.486. The number of benzene rings is 1. The number of hydrogen-bond acceptors (Lipinski definition) is 6. The zero-order valence-corrected chi connectivity index (χ0v) is 17.6. The Labute approximate surface area is 185 Å². The van der Waals surface area contributed by atoms with Gasteiger partial charge in [0, 0.05) is 18.7 Å². The maximum atomic E-state index is 13.1. The van der Waals surface area contributed by atoms with Crippen LogP contribution in [0.3, 0.4) is 0 Å². The first kappa shape index (κ1) is 21.3. The number of rotatable bonds is 7. The summed E-state index contributed by atoms with van der Waals surface area (Å²) in [7, 11) is 0. The van der Waals surface area contributed by atoms with E-state index in [1.807, 2.05) is 17.5 Å². The Morgan fingerprint density at radius 1 is 0.938 bits per heavy atom. The Kier molecular flexibility index (Phi) is 6.31. The van der Waals surface area contributed by atoms with Crippen LogP contribution in [-0.2, 0) is 13.1 Å². The van der Waals surface area contributed by atoms with Crippen LogP contribution in [0.15, 0.2) is 75.6 Å². The molecule has 162 valence electrons. The summed E-state index contributed by atoms with van der Waals surface area (Å²) in [6.07, 6.45) is 0. The van der Waals surface area contributed by atoms with Crippen LogP contribution in [0.25, 0.3) is 10.6 Å². The number of nitrogens with zero attached hydrogens (tertiary/aromatic N) is 4. The van der Waals surface area contributed by atoms with Crippen molar-refractivity contribution in [1.29, 1.82) is 0 Å². The smallest absolute Gasteiger partial charge is 0.271 e. The molecule has 0 fully saturated rings. The zero-order valence-electron chi connectivity index (χ0n) is 16.8. The highest BCUT2D eigenvalue weighted by molar-refractivity contribution is 7.13. The monoisotopic (exact) mass is 451 g/mol. The van der Waals surface area contributed by atoms with E-state index in [1.54, 1.807) is 18.2 Å². The molecular weight excluding hydrogens is 433 g/mol. The molecule has 0 atom stereocenters. The first-order valence-corrected chi connectivity index (χ1v) is 10.6. The van der Waals surface area contributed by atoms with Gasteiger partial charge in [-0.05, 0) is 41.3 Å². The number of aromatic nitrogens is 4. The van der Waals surface area contributed by atoms with Crippen molar-refractivity contribution in [2.24, 2.45) is 0 Å². The van der Waals surface area contributed by atoms with E-state index in [0.717, 1.165) is 9.56 Å². The van der Waals surface area contributed by atoms with E-state index >= 15 is 0 Å². The van der Waals surface area contributed by atoms with Gasteiger partial charge in [-0.15, -0.1) is 11.3 Å². The van der Waals surface area contributed by atoms with E-state index < -0.39 is 5.91 Å². The summed E-state index contributed by atoms with van der Waals surface area (Å²) in [6.45, 7) is 0.437. The summed E-state index contributed by atoms with van der Waals surface area (Å²) in [6, 6.07) is 15.2. The topological polar surface area (TPSA) is 98.9 Å². The second-order valence-corrected chi connectivity index (χ2v) is 7.80. The lowest BCUT2D eigenvalue weighted by Crippen LogP contribution is -2.34. The zero-order chi connectivity index (χ0) is 22.5. The highest BCUT2D eigenvalue weighted by atomic mass is 32.1. The predicted octanol–water partition coefficient (Wildman–Crippen LogP) is 2.15. The van der Waals surface area contributed by atoms with Crippen molar-refractivity contribution in [2.75, 3.05) is 6.54 Å². The van der Waals surface area contributed by atoms with Crippen LogP contribution in [0.5, 0.6) is 0 Å². The largest absolute Gasteiger partial charge is 0.349 e. The van der Waals surface area contributed by atoms with E-state index in [1.165, 1.54) is 46.4 Å². The molecule has 32 heavy (non-hydrogen) atoms. The van der Waals surface area contributed by atoms with Crippen molar-refractivity contribution in [2.45, 2.75) is 13.1 Å². The quantitative estimate of drug-likeness (QED) is 0.464. The number of carbonyl (C=O) groups excluding carboxylic acids is 1. The SMILES string of the molecule is O=C(NCCn1nc(-c2cccs2)ccc1=O)c1ccc(=O)n(Cc2ccc(F)cc2)n1. The predicted molar refractivity (Wildman–Crippen MR) is 118 cm³/mol. The van der Waals surface area contributed by atoms with E-state index in [4.69, 9.17) is 0 Å². The highest BCUT2D eigenvalue weighted by Crippen LogP contribution is 2.20. The molecule has 4 aromatic rings. The van der Waals surface area contributed by atoms with Crippen molar-refractivity contribution in [3.05, 3.63) is 104 Å². The minimum Gasteiger partial charge on any atom is -0.349 e. The van der Waals surface area contributed by atoms with Gasteiger partial charge in [0.2, 0.25) is 0 Å². The van der Waals surface area contributed by atoms with Crippen LogP contribution >= 0.6 is 11.3 Å². The molecule has 0 aliphatic carbocycles. The molecule has 0 saturated heterocycles. The molecule has 10 heteroatoms. The van der Waals surface area contributed by atoms with E-state index in [0.29, 0.717) is 11.3 Å². The lowest BCUT2D eigenvalue weighted by Gasteiger charge is -2.09. The maximum absolute atomic E-state index is 13.1. The number of thiophene rings is 1. The van der Waals surface area contributed by atoms with Gasteiger partial charge in [0.05, 0.1) is 18.0 Å². The van der Waals surface area contributed by atoms with Crippen LogP contribution in [0.1, 0.15) is 16.1 Å². The van der Waals surface area contributed by atoms with Gasteiger partial charge in [-0.2, -0.15) is 10.2 Å². The van der Waals surface area contributed by atoms with Gasteiger partial charge in [0.25, 0.3) is 17.0 Å². The number of amides is 1. The summed E-state index contributed by atoms with van der Waals surface area (Å²) < 4.78 is 15.5. The van der Waals surface area contributed by atoms with E-state index in [-0.39, 0.29) is 42.3 Å². The number of nitrogens with one attached hydrogen (secondary N) is 1. The third kappa shape index (κ3) is 5.03. The second-order valence-electron chi connectivity index (χ2n) is 6.85. The van der Waals surface area contributed by atoms with Gasteiger partial charge in [-0.3, -0.25) is 14.4 Å². The molecular formula is C22H18FN5O3S.